The number of rotatable bonds is 4. The summed E-state index contributed by atoms with van der Waals surface area (Å²) in [6.45, 7) is 3.40. The molecule has 0 radical (unpaired) electrons. The van der Waals surface area contributed by atoms with Gasteiger partial charge in [0.25, 0.3) is 6.43 Å². The lowest BCUT2D eigenvalue weighted by atomic mass is 10.2. The fraction of sp³-hybridized carbons (Fsp3) is 0.625. The van der Waals surface area contributed by atoms with Crippen molar-refractivity contribution in [3.05, 3.63) is 11.6 Å². The third kappa shape index (κ3) is 4.05. The summed E-state index contributed by atoms with van der Waals surface area (Å²) in [7, 11) is 0. The highest BCUT2D eigenvalue weighted by Crippen LogP contribution is 2.11. The second-order valence-corrected chi connectivity index (χ2v) is 2.13. The molecule has 2 nitrogen and oxygen atoms in total. The zero-order chi connectivity index (χ0) is 9.56. The molecule has 0 heterocycles. The number of alkyl halides is 2. The topological polar surface area (TPSA) is 26.3 Å². The zero-order valence-electron chi connectivity index (χ0n) is 7.14. The Hall–Kier alpha value is -0.930. The predicted molar refractivity (Wildman–Crippen MR) is 41.0 cm³/mol. The Balaban J connectivity index is 4.18. The molecule has 0 rings (SSSR count). The highest BCUT2D eigenvalue weighted by atomic mass is 19.3. The summed E-state index contributed by atoms with van der Waals surface area (Å²) >= 11 is 0. The first-order chi connectivity index (χ1) is 5.61. The van der Waals surface area contributed by atoms with Gasteiger partial charge in [-0.25, -0.2) is 13.6 Å². The van der Waals surface area contributed by atoms with Crippen molar-refractivity contribution in [2.24, 2.45) is 0 Å². The molecule has 0 aromatic rings. The van der Waals surface area contributed by atoms with Crippen LogP contribution in [0.3, 0.4) is 0 Å². The maximum absolute atomic E-state index is 12.0. The Bertz CT molecular complexity index is 176. The summed E-state index contributed by atoms with van der Waals surface area (Å²) in [6, 6.07) is 0. The summed E-state index contributed by atoms with van der Waals surface area (Å²) in [5.74, 6) is -0.699. The van der Waals surface area contributed by atoms with Gasteiger partial charge in [0.05, 0.1) is 6.61 Å². The van der Waals surface area contributed by atoms with E-state index in [1.54, 1.807) is 13.8 Å². The van der Waals surface area contributed by atoms with Crippen LogP contribution in [0.5, 0.6) is 0 Å². The van der Waals surface area contributed by atoms with E-state index in [1.807, 2.05) is 0 Å². The summed E-state index contributed by atoms with van der Waals surface area (Å²) in [4.78, 5) is 10.7. The third-order valence-corrected chi connectivity index (χ3v) is 1.28. The number of hydrogen-bond acceptors (Lipinski definition) is 2. The average molecular weight is 178 g/mol. The molecule has 0 aliphatic carbocycles. The van der Waals surface area contributed by atoms with Crippen LogP contribution in [0, 0.1) is 0 Å². The molecule has 70 valence electrons. The molecular weight excluding hydrogens is 166 g/mol. The van der Waals surface area contributed by atoms with Crippen molar-refractivity contribution in [3.8, 4) is 0 Å². The van der Waals surface area contributed by atoms with Crippen molar-refractivity contribution in [1.82, 2.24) is 0 Å². The van der Waals surface area contributed by atoms with Crippen LogP contribution in [-0.2, 0) is 9.53 Å². The Kier molecular flexibility index (Phi) is 5.25. The molecule has 12 heavy (non-hydrogen) atoms. The van der Waals surface area contributed by atoms with E-state index in [9.17, 15) is 13.6 Å². The van der Waals surface area contributed by atoms with Gasteiger partial charge in [0.2, 0.25) is 0 Å². The van der Waals surface area contributed by atoms with Gasteiger partial charge in [-0.1, -0.05) is 6.92 Å². The Morgan fingerprint density at radius 3 is 2.42 bits per heavy atom. The Morgan fingerprint density at radius 1 is 1.50 bits per heavy atom. The number of esters is 1. The number of allylic oxidation sites excluding steroid dienone is 1. The van der Waals surface area contributed by atoms with Crippen LogP contribution >= 0.6 is 0 Å². The number of halogens is 2. The van der Waals surface area contributed by atoms with E-state index in [-0.39, 0.29) is 18.6 Å². The van der Waals surface area contributed by atoms with Gasteiger partial charge in [0, 0.05) is 11.6 Å². The SMILES string of the molecule is CCOC(=O)C=C(CC)C(F)F. The van der Waals surface area contributed by atoms with Gasteiger partial charge in [0.1, 0.15) is 0 Å². The van der Waals surface area contributed by atoms with Crippen molar-refractivity contribution in [2.45, 2.75) is 26.7 Å². The quantitative estimate of drug-likeness (QED) is 0.487. The van der Waals surface area contributed by atoms with Crippen molar-refractivity contribution in [3.63, 3.8) is 0 Å². The molecule has 0 N–H and O–H groups in total. The number of hydrogen-bond donors (Lipinski definition) is 0. The van der Waals surface area contributed by atoms with Gasteiger partial charge in [-0.3, -0.25) is 0 Å². The first-order valence-corrected chi connectivity index (χ1v) is 3.77. The summed E-state index contributed by atoms with van der Waals surface area (Å²) in [5.41, 5.74) is -0.187. The average Bonchev–Trinajstić information content (AvgIpc) is 2.00. The molecule has 0 aliphatic rings. The molecule has 4 heteroatoms. The molecule has 0 amide bonds. The van der Waals surface area contributed by atoms with Crippen molar-refractivity contribution < 1.29 is 18.3 Å². The lowest BCUT2D eigenvalue weighted by Gasteiger charge is -2.01. The van der Waals surface area contributed by atoms with Crippen LogP contribution in [-0.4, -0.2) is 19.0 Å². The first-order valence-electron chi connectivity index (χ1n) is 3.77. The molecule has 0 bridgehead atoms. The molecule has 0 spiro atoms. The summed E-state index contributed by atoms with van der Waals surface area (Å²) in [5, 5.41) is 0. The van der Waals surface area contributed by atoms with Crippen LogP contribution in [0.2, 0.25) is 0 Å². The molecule has 0 atom stereocenters. The molecule has 0 aromatic heterocycles. The predicted octanol–water partition coefficient (Wildman–Crippen LogP) is 2.15. The minimum atomic E-state index is -2.57. The van der Waals surface area contributed by atoms with E-state index in [0.29, 0.717) is 0 Å². The highest BCUT2D eigenvalue weighted by molar-refractivity contribution is 5.82. The van der Waals surface area contributed by atoms with E-state index in [2.05, 4.69) is 4.74 Å². The lowest BCUT2D eigenvalue weighted by Crippen LogP contribution is -2.04. The van der Waals surface area contributed by atoms with Gasteiger partial charge in [-0.05, 0) is 13.3 Å². The number of carbonyl (C=O) groups excluding carboxylic acids is 1. The van der Waals surface area contributed by atoms with E-state index in [0.717, 1.165) is 6.08 Å². The molecule has 0 unspecified atom stereocenters. The van der Waals surface area contributed by atoms with Crippen molar-refractivity contribution in [2.75, 3.05) is 6.61 Å². The maximum Gasteiger partial charge on any atom is 0.330 e. The van der Waals surface area contributed by atoms with E-state index in [1.165, 1.54) is 0 Å². The third-order valence-electron chi connectivity index (χ3n) is 1.28. The van der Waals surface area contributed by atoms with Crippen LogP contribution in [0.4, 0.5) is 8.78 Å². The van der Waals surface area contributed by atoms with Crippen LogP contribution in [0.25, 0.3) is 0 Å². The van der Waals surface area contributed by atoms with E-state index < -0.39 is 12.4 Å². The van der Waals surface area contributed by atoms with Crippen LogP contribution < -0.4 is 0 Å². The van der Waals surface area contributed by atoms with E-state index in [4.69, 9.17) is 0 Å². The van der Waals surface area contributed by atoms with E-state index >= 15 is 0 Å². The first kappa shape index (κ1) is 11.1. The number of carbonyl (C=O) groups is 1. The number of ether oxygens (including phenoxy) is 1. The monoisotopic (exact) mass is 178 g/mol. The standard InChI is InChI=1S/C8H12F2O2/c1-3-6(8(9)10)5-7(11)12-4-2/h5,8H,3-4H2,1-2H3. The fourth-order valence-corrected chi connectivity index (χ4v) is 0.655. The van der Waals surface area contributed by atoms with Crippen LogP contribution in [0.15, 0.2) is 11.6 Å². The summed E-state index contributed by atoms with van der Waals surface area (Å²) in [6.07, 6.45) is -1.55. The second-order valence-electron chi connectivity index (χ2n) is 2.13. The maximum atomic E-state index is 12.0. The van der Waals surface area contributed by atoms with Crippen molar-refractivity contribution >= 4 is 5.97 Å². The summed E-state index contributed by atoms with van der Waals surface area (Å²) < 4.78 is 28.5. The molecule has 0 fully saturated rings. The van der Waals surface area contributed by atoms with Gasteiger partial charge in [-0.2, -0.15) is 0 Å². The zero-order valence-corrected chi connectivity index (χ0v) is 7.14. The molecule has 0 aliphatic heterocycles. The smallest absolute Gasteiger partial charge is 0.330 e. The minimum absolute atomic E-state index is 0.163. The van der Waals surface area contributed by atoms with Crippen LogP contribution in [0.1, 0.15) is 20.3 Å². The molecule has 0 aromatic carbocycles. The Morgan fingerprint density at radius 2 is 2.08 bits per heavy atom. The van der Waals surface area contributed by atoms with Gasteiger partial charge in [-0.15, -0.1) is 0 Å². The highest BCUT2D eigenvalue weighted by Gasteiger charge is 2.10. The largest absolute Gasteiger partial charge is 0.463 e. The molecule has 0 saturated carbocycles. The normalized spacial score (nSPS) is 11.9. The van der Waals surface area contributed by atoms with Gasteiger partial charge >= 0.3 is 5.97 Å². The Labute approximate surface area is 70.2 Å². The van der Waals surface area contributed by atoms with Gasteiger partial charge < -0.3 is 4.74 Å². The molecule has 0 saturated heterocycles. The second kappa shape index (κ2) is 5.69. The fourth-order valence-electron chi connectivity index (χ4n) is 0.655. The van der Waals surface area contributed by atoms with Gasteiger partial charge in [0.15, 0.2) is 0 Å². The molecular formula is C8H12F2O2. The lowest BCUT2D eigenvalue weighted by molar-refractivity contribution is -0.137. The van der Waals surface area contributed by atoms with Crippen molar-refractivity contribution in [1.29, 1.82) is 0 Å². The minimum Gasteiger partial charge on any atom is -0.463 e.